The van der Waals surface area contributed by atoms with E-state index in [2.05, 4.69) is 34.0 Å². The molecule has 2 heterocycles. The van der Waals surface area contributed by atoms with Crippen LogP contribution in [0.25, 0.3) is 0 Å². The van der Waals surface area contributed by atoms with Crippen molar-refractivity contribution < 1.29 is 8.42 Å². The lowest BCUT2D eigenvalue weighted by molar-refractivity contribution is 0.147. The summed E-state index contributed by atoms with van der Waals surface area (Å²) in [6.45, 7) is 12.4. The summed E-state index contributed by atoms with van der Waals surface area (Å²) < 4.78 is 23.6. The van der Waals surface area contributed by atoms with Crippen LogP contribution in [-0.2, 0) is 9.84 Å². The first-order valence-corrected chi connectivity index (χ1v) is 10.7. The summed E-state index contributed by atoms with van der Waals surface area (Å²) in [5.41, 5.74) is 0. The van der Waals surface area contributed by atoms with Crippen molar-refractivity contribution in [2.24, 2.45) is 10.9 Å². The fourth-order valence-electron chi connectivity index (χ4n) is 3.49. The van der Waals surface area contributed by atoms with Crippen molar-refractivity contribution in [3.8, 4) is 0 Å². The van der Waals surface area contributed by atoms with E-state index in [-0.39, 0.29) is 29.7 Å². The van der Waals surface area contributed by atoms with E-state index in [9.17, 15) is 8.42 Å². The molecular weight excluding hydrogens is 451 g/mol. The van der Waals surface area contributed by atoms with Crippen molar-refractivity contribution in [1.82, 2.24) is 15.1 Å². The number of aliphatic imine (C=N–C) groups is 1. The molecule has 2 rings (SSSR count). The van der Waals surface area contributed by atoms with Crippen molar-refractivity contribution in [3.05, 3.63) is 0 Å². The number of guanidine groups is 1. The van der Waals surface area contributed by atoms with Crippen molar-refractivity contribution in [2.45, 2.75) is 51.3 Å². The van der Waals surface area contributed by atoms with Gasteiger partial charge in [-0.15, -0.1) is 24.0 Å². The van der Waals surface area contributed by atoms with Crippen LogP contribution in [0.5, 0.6) is 0 Å². The minimum Gasteiger partial charge on any atom is -0.355 e. The highest BCUT2D eigenvalue weighted by Crippen LogP contribution is 2.23. The van der Waals surface area contributed by atoms with Crippen LogP contribution in [0.1, 0.15) is 40.5 Å². The number of rotatable bonds is 3. The van der Waals surface area contributed by atoms with Gasteiger partial charge in [0.25, 0.3) is 0 Å². The molecule has 0 bridgehead atoms. The molecule has 1 unspecified atom stereocenters. The van der Waals surface area contributed by atoms with Gasteiger partial charge in [-0.3, -0.25) is 9.89 Å². The lowest BCUT2D eigenvalue weighted by Gasteiger charge is -2.40. The minimum absolute atomic E-state index is 0. The number of sulfone groups is 1. The predicted molar refractivity (Wildman–Crippen MR) is 116 cm³/mol. The smallest absolute Gasteiger partial charge is 0.193 e. The average molecular weight is 486 g/mol. The highest BCUT2D eigenvalue weighted by molar-refractivity contribution is 14.0. The second-order valence-corrected chi connectivity index (χ2v) is 10.7. The second kappa shape index (κ2) is 9.21. The third-order valence-electron chi connectivity index (χ3n) is 5.55. The van der Waals surface area contributed by atoms with Crippen molar-refractivity contribution in [2.75, 3.05) is 45.5 Å². The molecule has 2 fully saturated rings. The first-order valence-electron chi connectivity index (χ1n) is 9.08. The number of likely N-dealkylation sites (tertiary alicyclic amines) is 1. The Morgan fingerprint density at radius 1 is 1.28 bits per heavy atom. The van der Waals surface area contributed by atoms with Gasteiger partial charge in [-0.1, -0.05) is 6.92 Å². The maximum atomic E-state index is 12.2. The van der Waals surface area contributed by atoms with E-state index >= 15 is 0 Å². The molecule has 1 N–H and O–H groups in total. The maximum Gasteiger partial charge on any atom is 0.193 e. The lowest BCUT2D eigenvalue weighted by Crippen LogP contribution is -2.58. The van der Waals surface area contributed by atoms with Crippen molar-refractivity contribution in [1.29, 1.82) is 0 Å². The fourth-order valence-corrected chi connectivity index (χ4v) is 4.86. The van der Waals surface area contributed by atoms with Gasteiger partial charge < -0.3 is 10.2 Å². The molecule has 0 aromatic heterocycles. The molecule has 0 aromatic carbocycles. The molecule has 2 saturated heterocycles. The third-order valence-corrected chi connectivity index (χ3v) is 8.08. The van der Waals surface area contributed by atoms with Gasteiger partial charge in [0.05, 0.1) is 10.5 Å². The Balaban J connectivity index is 0.00000312. The highest BCUT2D eigenvalue weighted by atomic mass is 127. The lowest BCUT2D eigenvalue weighted by atomic mass is 9.98. The van der Waals surface area contributed by atoms with Gasteiger partial charge in [0.1, 0.15) is 0 Å². The van der Waals surface area contributed by atoms with Crippen LogP contribution in [0, 0.1) is 5.92 Å². The summed E-state index contributed by atoms with van der Waals surface area (Å²) in [6.07, 6.45) is 2.55. The molecule has 2 aliphatic heterocycles. The molecule has 0 radical (unpaired) electrons. The molecule has 8 heteroatoms. The standard InChI is InChI=1S/C17H34N4O2S.HI/c1-14-6-8-20(9-7-14)15(2)12-19-16(18-5)21-10-11-24(22,23)17(3,4)13-21;/h14-15H,6-13H2,1-5H3,(H,18,19);1H. The van der Waals surface area contributed by atoms with Gasteiger partial charge in [0, 0.05) is 32.7 Å². The van der Waals surface area contributed by atoms with E-state index < -0.39 is 14.6 Å². The van der Waals surface area contributed by atoms with Crippen LogP contribution in [-0.4, -0.2) is 80.5 Å². The zero-order valence-electron chi connectivity index (χ0n) is 16.3. The Labute approximate surface area is 170 Å². The zero-order chi connectivity index (χ0) is 18.0. The number of nitrogens with zero attached hydrogens (tertiary/aromatic N) is 3. The van der Waals surface area contributed by atoms with Crippen LogP contribution < -0.4 is 5.32 Å². The van der Waals surface area contributed by atoms with Gasteiger partial charge in [0.15, 0.2) is 15.8 Å². The SMILES string of the molecule is CN=C(NCC(C)N1CCC(C)CC1)N1CCS(=O)(=O)C(C)(C)C1.I. The van der Waals surface area contributed by atoms with Crippen molar-refractivity contribution >= 4 is 39.8 Å². The molecule has 25 heavy (non-hydrogen) atoms. The molecule has 0 spiro atoms. The number of nitrogens with one attached hydrogen (secondary N) is 1. The van der Waals surface area contributed by atoms with Crippen molar-refractivity contribution in [3.63, 3.8) is 0 Å². The topological polar surface area (TPSA) is 65.0 Å². The van der Waals surface area contributed by atoms with E-state index in [4.69, 9.17) is 0 Å². The Morgan fingerprint density at radius 3 is 2.40 bits per heavy atom. The van der Waals surface area contributed by atoms with Gasteiger partial charge in [0.2, 0.25) is 0 Å². The van der Waals surface area contributed by atoms with Gasteiger partial charge >= 0.3 is 0 Å². The summed E-state index contributed by atoms with van der Waals surface area (Å²) in [6, 6.07) is 0.454. The molecular formula is C17H35IN4O2S. The van der Waals surface area contributed by atoms with Gasteiger partial charge in [-0.25, -0.2) is 8.42 Å². The molecule has 0 amide bonds. The summed E-state index contributed by atoms with van der Waals surface area (Å²) in [5.74, 6) is 1.85. The highest BCUT2D eigenvalue weighted by Gasteiger charge is 2.41. The normalized spacial score (nSPS) is 26.0. The molecule has 2 aliphatic rings. The van der Waals surface area contributed by atoms with Gasteiger partial charge in [-0.05, 0) is 52.6 Å². The molecule has 6 nitrogen and oxygen atoms in total. The predicted octanol–water partition coefficient (Wildman–Crippen LogP) is 1.81. The molecule has 1 atom stereocenters. The van der Waals surface area contributed by atoms with Crippen LogP contribution in [0.3, 0.4) is 0 Å². The van der Waals surface area contributed by atoms with Crippen LogP contribution in [0.4, 0.5) is 0 Å². The first kappa shape index (κ1) is 23.0. The van der Waals surface area contributed by atoms with Crippen LogP contribution >= 0.6 is 24.0 Å². The summed E-state index contributed by atoms with van der Waals surface area (Å²) in [4.78, 5) is 8.98. The third kappa shape index (κ3) is 5.69. The van der Waals surface area contributed by atoms with Crippen LogP contribution in [0.2, 0.25) is 0 Å². The van der Waals surface area contributed by atoms with E-state index in [1.54, 1.807) is 20.9 Å². The number of hydrogen-bond donors (Lipinski definition) is 1. The van der Waals surface area contributed by atoms with E-state index in [1.165, 1.54) is 12.8 Å². The average Bonchev–Trinajstić information content (AvgIpc) is 2.51. The molecule has 0 aromatic rings. The number of halogens is 1. The fraction of sp³-hybridized carbons (Fsp3) is 0.941. The minimum atomic E-state index is -3.02. The van der Waals surface area contributed by atoms with E-state index in [0.29, 0.717) is 19.1 Å². The Hall–Kier alpha value is -0.0900. The summed E-state index contributed by atoms with van der Waals surface area (Å²) >= 11 is 0. The number of hydrogen-bond acceptors (Lipinski definition) is 4. The second-order valence-electron chi connectivity index (χ2n) is 8.00. The summed E-state index contributed by atoms with van der Waals surface area (Å²) in [5, 5.41) is 3.45. The van der Waals surface area contributed by atoms with E-state index in [1.807, 2.05) is 0 Å². The Morgan fingerprint density at radius 2 is 1.88 bits per heavy atom. The molecule has 0 saturated carbocycles. The Kier molecular flexibility index (Phi) is 8.46. The monoisotopic (exact) mass is 486 g/mol. The number of piperidine rings is 1. The van der Waals surface area contributed by atoms with Gasteiger partial charge in [-0.2, -0.15) is 0 Å². The zero-order valence-corrected chi connectivity index (χ0v) is 19.4. The van der Waals surface area contributed by atoms with Crippen LogP contribution in [0.15, 0.2) is 4.99 Å². The maximum absolute atomic E-state index is 12.2. The molecule has 148 valence electrons. The molecule has 0 aliphatic carbocycles. The largest absolute Gasteiger partial charge is 0.355 e. The summed E-state index contributed by atoms with van der Waals surface area (Å²) in [7, 11) is -1.25. The quantitative estimate of drug-likeness (QED) is 0.375. The first-order chi connectivity index (χ1) is 11.2. The van der Waals surface area contributed by atoms with E-state index in [0.717, 1.165) is 31.5 Å². The Bertz CT molecular complexity index is 557.